The number of hydrogen-bond donors (Lipinski definition) is 1. The van der Waals surface area contributed by atoms with E-state index in [-0.39, 0.29) is 11.4 Å². The molecule has 2 aromatic carbocycles. The molecule has 3 rings (SSSR count). The topological polar surface area (TPSA) is 82.5 Å². The number of amides is 1. The number of anilines is 1. The number of nitrogens with zero attached hydrogens (tertiary/aromatic N) is 2. The second-order valence-electron chi connectivity index (χ2n) is 5.76. The summed E-state index contributed by atoms with van der Waals surface area (Å²) in [6.07, 6.45) is 1.45. The third kappa shape index (κ3) is 5.16. The minimum absolute atomic E-state index is 0.0475. The fourth-order valence-electron chi connectivity index (χ4n) is 2.48. The first-order valence-corrected chi connectivity index (χ1v) is 8.65. The summed E-state index contributed by atoms with van der Waals surface area (Å²) in [6.45, 7) is -0.526. The van der Waals surface area contributed by atoms with Crippen LogP contribution in [0.25, 0.3) is 5.69 Å². The zero-order valence-electron chi connectivity index (χ0n) is 15.3. The van der Waals surface area contributed by atoms with Crippen LogP contribution in [0.15, 0.2) is 65.6 Å². The summed E-state index contributed by atoms with van der Waals surface area (Å²) in [6, 6.07) is 13.5. The Morgan fingerprint density at radius 1 is 1.07 bits per heavy atom. The highest BCUT2D eigenvalue weighted by molar-refractivity contribution is 6.02. The van der Waals surface area contributed by atoms with Crippen molar-refractivity contribution in [3.63, 3.8) is 0 Å². The van der Waals surface area contributed by atoms with Gasteiger partial charge in [-0.25, -0.2) is 4.68 Å². The van der Waals surface area contributed by atoms with Crippen LogP contribution in [-0.4, -0.2) is 28.9 Å². The van der Waals surface area contributed by atoms with Crippen molar-refractivity contribution in [3.05, 3.63) is 76.7 Å². The van der Waals surface area contributed by atoms with Gasteiger partial charge in [-0.2, -0.15) is 13.9 Å². The zero-order chi connectivity index (χ0) is 20.8. The molecule has 0 atom stereocenters. The standard InChI is InChI=1S/C20H17F2N3O4/c1-2-28-15-9-5-14(6-10-15)25-12-11-17(26)18(24-25)19(27)23-13-3-7-16(8-4-13)29-20(21)22/h3-12,20H,2H2,1H3,(H,23,27). The maximum absolute atomic E-state index is 12.5. The van der Waals surface area contributed by atoms with Crippen LogP contribution in [0.1, 0.15) is 17.4 Å². The van der Waals surface area contributed by atoms with Gasteiger partial charge in [-0.1, -0.05) is 0 Å². The predicted molar refractivity (Wildman–Crippen MR) is 102 cm³/mol. The van der Waals surface area contributed by atoms with Gasteiger partial charge in [-0.15, -0.1) is 0 Å². The molecule has 0 aliphatic rings. The van der Waals surface area contributed by atoms with Gasteiger partial charge in [0.25, 0.3) is 5.91 Å². The number of halogens is 2. The number of alkyl halides is 2. The van der Waals surface area contributed by atoms with Gasteiger partial charge in [0.1, 0.15) is 11.5 Å². The minimum atomic E-state index is -2.94. The Morgan fingerprint density at radius 2 is 1.72 bits per heavy atom. The average Bonchev–Trinajstić information content (AvgIpc) is 2.70. The summed E-state index contributed by atoms with van der Waals surface area (Å²) in [4.78, 5) is 24.6. The second-order valence-corrected chi connectivity index (χ2v) is 5.76. The van der Waals surface area contributed by atoms with Gasteiger partial charge >= 0.3 is 6.61 Å². The molecular formula is C20H17F2N3O4. The molecule has 1 amide bonds. The lowest BCUT2D eigenvalue weighted by Crippen LogP contribution is -2.25. The smallest absolute Gasteiger partial charge is 0.387 e. The van der Waals surface area contributed by atoms with Crippen LogP contribution in [-0.2, 0) is 0 Å². The van der Waals surface area contributed by atoms with Gasteiger partial charge in [-0.05, 0) is 55.5 Å². The van der Waals surface area contributed by atoms with Crippen LogP contribution in [0.3, 0.4) is 0 Å². The van der Waals surface area contributed by atoms with E-state index in [1.807, 2.05) is 6.92 Å². The molecule has 29 heavy (non-hydrogen) atoms. The molecule has 3 aromatic rings. The van der Waals surface area contributed by atoms with Gasteiger partial charge in [-0.3, -0.25) is 9.59 Å². The number of carbonyl (C=O) groups excluding carboxylic acids is 1. The molecule has 150 valence electrons. The lowest BCUT2D eigenvalue weighted by molar-refractivity contribution is -0.0498. The van der Waals surface area contributed by atoms with E-state index in [9.17, 15) is 18.4 Å². The summed E-state index contributed by atoms with van der Waals surface area (Å²) in [5.74, 6) is -0.0824. The number of rotatable bonds is 7. The zero-order valence-corrected chi connectivity index (χ0v) is 15.3. The first-order valence-electron chi connectivity index (χ1n) is 8.65. The van der Waals surface area contributed by atoms with E-state index in [0.717, 1.165) is 0 Å². The first-order chi connectivity index (χ1) is 14.0. The molecular weight excluding hydrogens is 384 g/mol. The molecule has 0 saturated heterocycles. The quantitative estimate of drug-likeness (QED) is 0.655. The monoisotopic (exact) mass is 401 g/mol. The maximum Gasteiger partial charge on any atom is 0.387 e. The Labute approximate surface area is 164 Å². The van der Waals surface area contributed by atoms with Crippen molar-refractivity contribution >= 4 is 11.6 Å². The minimum Gasteiger partial charge on any atom is -0.494 e. The molecule has 0 radical (unpaired) electrons. The number of ether oxygens (including phenoxy) is 2. The van der Waals surface area contributed by atoms with Crippen LogP contribution >= 0.6 is 0 Å². The van der Waals surface area contributed by atoms with Crippen molar-refractivity contribution in [1.82, 2.24) is 9.78 Å². The number of carbonyl (C=O) groups is 1. The van der Waals surface area contributed by atoms with Gasteiger partial charge in [0.15, 0.2) is 5.69 Å². The molecule has 0 aliphatic heterocycles. The maximum atomic E-state index is 12.5. The van der Waals surface area contributed by atoms with Crippen molar-refractivity contribution in [2.75, 3.05) is 11.9 Å². The van der Waals surface area contributed by atoms with Crippen molar-refractivity contribution < 1.29 is 23.0 Å². The largest absolute Gasteiger partial charge is 0.494 e. The number of hydrogen-bond acceptors (Lipinski definition) is 5. The molecule has 0 fully saturated rings. The SMILES string of the molecule is CCOc1ccc(-n2ccc(=O)c(C(=O)Nc3ccc(OC(F)F)cc3)n2)cc1. The number of aromatic nitrogens is 2. The Morgan fingerprint density at radius 3 is 2.34 bits per heavy atom. The summed E-state index contributed by atoms with van der Waals surface area (Å²) in [5, 5.41) is 6.60. The van der Waals surface area contributed by atoms with E-state index in [2.05, 4.69) is 15.2 Å². The van der Waals surface area contributed by atoms with Gasteiger partial charge in [0, 0.05) is 18.0 Å². The molecule has 1 aromatic heterocycles. The Bertz CT molecular complexity index is 1030. The molecule has 0 aliphatic carbocycles. The Balaban J connectivity index is 1.78. The van der Waals surface area contributed by atoms with Crippen molar-refractivity contribution in [3.8, 4) is 17.2 Å². The third-order valence-electron chi connectivity index (χ3n) is 3.77. The van der Waals surface area contributed by atoms with Crippen LogP contribution in [0, 0.1) is 0 Å². The average molecular weight is 401 g/mol. The molecule has 0 bridgehead atoms. The predicted octanol–water partition coefficient (Wildman–Crippen LogP) is 3.48. The fraction of sp³-hybridized carbons (Fsp3) is 0.150. The lowest BCUT2D eigenvalue weighted by atomic mass is 10.2. The lowest BCUT2D eigenvalue weighted by Gasteiger charge is -2.10. The summed E-state index contributed by atoms with van der Waals surface area (Å²) in [7, 11) is 0. The molecule has 0 unspecified atom stereocenters. The summed E-state index contributed by atoms with van der Waals surface area (Å²) < 4.78 is 35.4. The van der Waals surface area contributed by atoms with Crippen molar-refractivity contribution in [1.29, 1.82) is 0 Å². The Hall–Kier alpha value is -3.75. The van der Waals surface area contributed by atoms with Gasteiger partial charge in [0.05, 0.1) is 12.3 Å². The van der Waals surface area contributed by atoms with Crippen LogP contribution in [0.2, 0.25) is 0 Å². The van der Waals surface area contributed by atoms with E-state index in [1.165, 1.54) is 41.2 Å². The molecule has 0 saturated carbocycles. The third-order valence-corrected chi connectivity index (χ3v) is 3.77. The van der Waals surface area contributed by atoms with E-state index >= 15 is 0 Å². The van der Waals surface area contributed by atoms with E-state index in [1.54, 1.807) is 24.3 Å². The van der Waals surface area contributed by atoms with Crippen molar-refractivity contribution in [2.24, 2.45) is 0 Å². The van der Waals surface area contributed by atoms with E-state index in [4.69, 9.17) is 4.74 Å². The van der Waals surface area contributed by atoms with Gasteiger partial charge < -0.3 is 14.8 Å². The highest BCUT2D eigenvalue weighted by atomic mass is 19.3. The van der Waals surface area contributed by atoms with Crippen LogP contribution < -0.4 is 20.2 Å². The van der Waals surface area contributed by atoms with Gasteiger partial charge in [0.2, 0.25) is 5.43 Å². The summed E-state index contributed by atoms with van der Waals surface area (Å²) in [5.41, 5.74) is 0.0712. The van der Waals surface area contributed by atoms with Crippen LogP contribution in [0.4, 0.5) is 14.5 Å². The van der Waals surface area contributed by atoms with E-state index < -0.39 is 17.9 Å². The van der Waals surface area contributed by atoms with E-state index in [0.29, 0.717) is 23.7 Å². The second kappa shape index (κ2) is 8.96. The molecule has 7 nitrogen and oxygen atoms in total. The Kier molecular flexibility index (Phi) is 6.18. The highest BCUT2D eigenvalue weighted by Crippen LogP contribution is 2.18. The first kappa shape index (κ1) is 20.0. The molecule has 1 N–H and O–H groups in total. The van der Waals surface area contributed by atoms with Crippen LogP contribution in [0.5, 0.6) is 11.5 Å². The summed E-state index contributed by atoms with van der Waals surface area (Å²) >= 11 is 0. The fourth-order valence-corrected chi connectivity index (χ4v) is 2.48. The molecule has 1 heterocycles. The molecule has 9 heteroatoms. The normalized spacial score (nSPS) is 10.6. The highest BCUT2D eigenvalue weighted by Gasteiger charge is 2.14. The number of nitrogens with one attached hydrogen (secondary N) is 1. The van der Waals surface area contributed by atoms with Crippen molar-refractivity contribution in [2.45, 2.75) is 13.5 Å². The number of benzene rings is 2. The molecule has 0 spiro atoms.